The number of aryl methyl sites for hydroxylation is 1. The molecule has 0 amide bonds. The summed E-state index contributed by atoms with van der Waals surface area (Å²) in [5.41, 5.74) is 0.507. The number of hydrogen-bond donors (Lipinski definition) is 1. The van der Waals surface area contributed by atoms with Crippen LogP contribution in [0.3, 0.4) is 0 Å². The largest absolute Gasteiger partial charge is 0.507 e. The van der Waals surface area contributed by atoms with E-state index in [-0.39, 0.29) is 11.3 Å². The predicted molar refractivity (Wildman–Crippen MR) is 47.4 cm³/mol. The van der Waals surface area contributed by atoms with Gasteiger partial charge in [0.2, 0.25) is 0 Å². The first-order chi connectivity index (χ1) is 6.19. The molecule has 0 spiro atoms. The van der Waals surface area contributed by atoms with E-state index < -0.39 is 5.82 Å². The number of carbonyl (C=O) groups excluding carboxylic acids is 1. The molecular weight excluding hydrogens is 171 g/mol. The average Bonchev–Trinajstić information content (AvgIpc) is 2.11. The molecule has 0 bridgehead atoms. The summed E-state index contributed by atoms with van der Waals surface area (Å²) < 4.78 is 12.8. The van der Waals surface area contributed by atoms with Crippen LogP contribution in [0.5, 0.6) is 5.75 Å². The molecule has 2 nitrogen and oxygen atoms in total. The van der Waals surface area contributed by atoms with Crippen molar-refractivity contribution in [3.63, 3.8) is 0 Å². The Morgan fingerprint density at radius 2 is 2.23 bits per heavy atom. The molecule has 70 valence electrons. The van der Waals surface area contributed by atoms with Gasteiger partial charge in [0.25, 0.3) is 0 Å². The minimum atomic E-state index is -0.483. The van der Waals surface area contributed by atoms with Crippen molar-refractivity contribution >= 4 is 6.29 Å². The highest BCUT2D eigenvalue weighted by atomic mass is 19.1. The highest BCUT2D eigenvalue weighted by molar-refractivity contribution is 5.79. The fraction of sp³-hybridized carbons (Fsp3) is 0.300. The van der Waals surface area contributed by atoms with Gasteiger partial charge in [-0.05, 0) is 24.1 Å². The van der Waals surface area contributed by atoms with Crippen LogP contribution in [0.1, 0.15) is 29.3 Å². The summed E-state index contributed by atoms with van der Waals surface area (Å²) in [6, 6.07) is 2.29. The van der Waals surface area contributed by atoms with Crippen LogP contribution in [0.15, 0.2) is 12.1 Å². The quantitative estimate of drug-likeness (QED) is 0.728. The molecule has 0 aromatic heterocycles. The lowest BCUT2D eigenvalue weighted by molar-refractivity contribution is 0.112. The van der Waals surface area contributed by atoms with E-state index in [1.807, 2.05) is 6.92 Å². The zero-order valence-corrected chi connectivity index (χ0v) is 7.38. The number of phenols is 1. The number of carbonyl (C=O) groups is 1. The van der Waals surface area contributed by atoms with Gasteiger partial charge < -0.3 is 5.11 Å². The van der Waals surface area contributed by atoms with E-state index in [2.05, 4.69) is 0 Å². The number of aldehydes is 1. The molecule has 0 saturated heterocycles. The highest BCUT2D eigenvalue weighted by Gasteiger charge is 2.08. The second kappa shape index (κ2) is 4.03. The van der Waals surface area contributed by atoms with E-state index in [9.17, 15) is 14.3 Å². The van der Waals surface area contributed by atoms with Crippen LogP contribution in [0.4, 0.5) is 4.39 Å². The zero-order chi connectivity index (χ0) is 9.84. The van der Waals surface area contributed by atoms with E-state index in [0.29, 0.717) is 18.3 Å². The molecule has 0 heterocycles. The molecule has 1 N–H and O–H groups in total. The van der Waals surface area contributed by atoms with Crippen molar-refractivity contribution in [1.29, 1.82) is 0 Å². The van der Waals surface area contributed by atoms with Gasteiger partial charge in [-0.2, -0.15) is 0 Å². The summed E-state index contributed by atoms with van der Waals surface area (Å²) in [6.45, 7) is 1.92. The van der Waals surface area contributed by atoms with Gasteiger partial charge in [-0.3, -0.25) is 4.79 Å². The molecule has 1 aromatic carbocycles. The average molecular weight is 182 g/mol. The molecule has 0 aliphatic heterocycles. The third-order valence-electron chi connectivity index (χ3n) is 1.83. The van der Waals surface area contributed by atoms with Crippen LogP contribution in [0, 0.1) is 5.82 Å². The predicted octanol–water partition coefficient (Wildman–Crippen LogP) is 2.30. The summed E-state index contributed by atoms with van der Waals surface area (Å²) >= 11 is 0. The van der Waals surface area contributed by atoms with Crippen LogP contribution in [0.2, 0.25) is 0 Å². The second-order valence-corrected chi connectivity index (χ2v) is 2.87. The fourth-order valence-corrected chi connectivity index (χ4v) is 1.23. The molecule has 0 aliphatic rings. The number of halogens is 1. The van der Waals surface area contributed by atoms with Gasteiger partial charge in [0.1, 0.15) is 11.6 Å². The topological polar surface area (TPSA) is 37.3 Å². The van der Waals surface area contributed by atoms with E-state index in [4.69, 9.17) is 0 Å². The maximum Gasteiger partial charge on any atom is 0.153 e. The van der Waals surface area contributed by atoms with Gasteiger partial charge in [0, 0.05) is 0 Å². The van der Waals surface area contributed by atoms with Crippen molar-refractivity contribution in [2.24, 2.45) is 0 Å². The van der Waals surface area contributed by atoms with Gasteiger partial charge in [0.15, 0.2) is 6.29 Å². The Labute approximate surface area is 76.0 Å². The van der Waals surface area contributed by atoms with Crippen LogP contribution < -0.4 is 0 Å². The second-order valence-electron chi connectivity index (χ2n) is 2.87. The third-order valence-corrected chi connectivity index (χ3v) is 1.83. The lowest BCUT2D eigenvalue weighted by Gasteiger charge is -2.04. The van der Waals surface area contributed by atoms with Crippen molar-refractivity contribution in [1.82, 2.24) is 0 Å². The Morgan fingerprint density at radius 3 is 2.77 bits per heavy atom. The maximum absolute atomic E-state index is 12.8. The van der Waals surface area contributed by atoms with E-state index in [0.717, 1.165) is 12.5 Å². The van der Waals surface area contributed by atoms with Crippen LogP contribution in [-0.4, -0.2) is 11.4 Å². The summed E-state index contributed by atoms with van der Waals surface area (Å²) in [7, 11) is 0. The van der Waals surface area contributed by atoms with Gasteiger partial charge in [-0.25, -0.2) is 4.39 Å². The molecule has 13 heavy (non-hydrogen) atoms. The lowest BCUT2D eigenvalue weighted by Crippen LogP contribution is -1.92. The molecule has 0 fully saturated rings. The van der Waals surface area contributed by atoms with E-state index in [1.165, 1.54) is 6.07 Å². The van der Waals surface area contributed by atoms with Crippen molar-refractivity contribution in [2.45, 2.75) is 19.8 Å². The lowest BCUT2D eigenvalue weighted by atomic mass is 10.1. The Kier molecular flexibility index (Phi) is 3.01. The van der Waals surface area contributed by atoms with Gasteiger partial charge in [-0.1, -0.05) is 13.3 Å². The highest BCUT2D eigenvalue weighted by Crippen LogP contribution is 2.23. The van der Waals surface area contributed by atoms with Crippen LogP contribution in [-0.2, 0) is 6.42 Å². The number of hydrogen-bond acceptors (Lipinski definition) is 2. The number of phenolic OH excluding ortho intramolecular Hbond substituents is 1. The number of benzene rings is 1. The Bertz CT molecular complexity index is 321. The molecule has 0 saturated carbocycles. The minimum absolute atomic E-state index is 0.0171. The van der Waals surface area contributed by atoms with E-state index >= 15 is 0 Å². The molecule has 1 aromatic rings. The van der Waals surface area contributed by atoms with Gasteiger partial charge >= 0.3 is 0 Å². The van der Waals surface area contributed by atoms with E-state index in [1.54, 1.807) is 0 Å². The normalized spacial score (nSPS) is 10.0. The summed E-state index contributed by atoms with van der Waals surface area (Å²) in [5.74, 6) is -0.582. The molecule has 0 unspecified atom stereocenters. The first-order valence-electron chi connectivity index (χ1n) is 4.15. The van der Waals surface area contributed by atoms with Crippen molar-refractivity contribution in [2.75, 3.05) is 0 Å². The third kappa shape index (κ3) is 2.05. The molecule has 3 heteroatoms. The number of aromatic hydroxyl groups is 1. The molecule has 1 rings (SSSR count). The van der Waals surface area contributed by atoms with Crippen molar-refractivity contribution in [3.8, 4) is 5.75 Å². The Balaban J connectivity index is 3.18. The van der Waals surface area contributed by atoms with Gasteiger partial charge in [0.05, 0.1) is 5.56 Å². The summed E-state index contributed by atoms with van der Waals surface area (Å²) in [6.07, 6.45) is 1.83. The van der Waals surface area contributed by atoms with Crippen molar-refractivity contribution < 1.29 is 14.3 Å². The minimum Gasteiger partial charge on any atom is -0.507 e. The Morgan fingerprint density at radius 1 is 1.54 bits per heavy atom. The smallest absolute Gasteiger partial charge is 0.153 e. The first-order valence-corrected chi connectivity index (χ1v) is 4.15. The van der Waals surface area contributed by atoms with Gasteiger partial charge in [-0.15, -0.1) is 0 Å². The first kappa shape index (κ1) is 9.71. The molecular formula is C10H11FO2. The summed E-state index contributed by atoms with van der Waals surface area (Å²) in [4.78, 5) is 10.4. The summed E-state index contributed by atoms with van der Waals surface area (Å²) in [5, 5.41) is 9.45. The number of rotatable bonds is 3. The van der Waals surface area contributed by atoms with Crippen molar-refractivity contribution in [3.05, 3.63) is 29.1 Å². The standard InChI is InChI=1S/C10H11FO2/c1-2-3-7-4-9(11)5-8(6-12)10(7)13/h4-6,13H,2-3H2,1H3. The van der Waals surface area contributed by atoms with Crippen LogP contribution in [0.25, 0.3) is 0 Å². The maximum atomic E-state index is 12.8. The SMILES string of the molecule is CCCc1cc(F)cc(C=O)c1O. The monoisotopic (exact) mass is 182 g/mol. The fourth-order valence-electron chi connectivity index (χ4n) is 1.23. The molecule has 0 radical (unpaired) electrons. The van der Waals surface area contributed by atoms with Crippen LogP contribution >= 0.6 is 0 Å². The molecule has 0 aliphatic carbocycles. The Hall–Kier alpha value is -1.38. The molecule has 0 atom stereocenters. The zero-order valence-electron chi connectivity index (χ0n) is 7.38.